The van der Waals surface area contributed by atoms with Crippen LogP contribution in [0.25, 0.3) is 5.52 Å². The summed E-state index contributed by atoms with van der Waals surface area (Å²) >= 11 is 3.46. The second-order valence-electron chi connectivity index (χ2n) is 4.75. The van der Waals surface area contributed by atoms with Gasteiger partial charge in [0.2, 0.25) is 0 Å². The zero-order chi connectivity index (χ0) is 15.4. The Morgan fingerprint density at radius 3 is 2.86 bits per heavy atom. The van der Waals surface area contributed by atoms with Gasteiger partial charge in [-0.05, 0) is 34.5 Å². The van der Waals surface area contributed by atoms with E-state index < -0.39 is 0 Å². The molecule has 1 aromatic carbocycles. The fourth-order valence-corrected chi connectivity index (χ4v) is 2.62. The van der Waals surface area contributed by atoms with Crippen LogP contribution in [0, 0.1) is 5.82 Å². The Balaban J connectivity index is 1.53. The van der Waals surface area contributed by atoms with E-state index in [1.807, 2.05) is 6.07 Å². The lowest BCUT2D eigenvalue weighted by Gasteiger charge is -2.09. The molecule has 3 rings (SSSR count). The predicted octanol–water partition coefficient (Wildman–Crippen LogP) is 3.55. The summed E-state index contributed by atoms with van der Waals surface area (Å²) in [7, 11) is 0. The average molecular weight is 364 g/mol. The number of hydrogen-bond acceptors (Lipinski definition) is 4. The van der Waals surface area contributed by atoms with Crippen molar-refractivity contribution in [1.29, 1.82) is 0 Å². The van der Waals surface area contributed by atoms with E-state index in [4.69, 9.17) is 0 Å². The first-order valence-corrected chi connectivity index (χ1v) is 7.75. The number of fused-ring (bicyclic) bond motifs is 1. The molecule has 3 aromatic rings. The molecule has 5 nitrogen and oxygen atoms in total. The van der Waals surface area contributed by atoms with Crippen LogP contribution in [0.4, 0.5) is 15.9 Å². The lowest BCUT2D eigenvalue weighted by molar-refractivity contribution is 0.630. The van der Waals surface area contributed by atoms with Crippen LogP contribution in [0.5, 0.6) is 0 Å². The van der Waals surface area contributed by atoms with Crippen LogP contribution < -0.4 is 10.6 Å². The summed E-state index contributed by atoms with van der Waals surface area (Å²) in [5, 5.41) is 10.6. The van der Waals surface area contributed by atoms with Crippen LogP contribution in [0.15, 0.2) is 47.3 Å². The van der Waals surface area contributed by atoms with E-state index in [1.54, 1.807) is 35.2 Å². The molecule has 22 heavy (non-hydrogen) atoms. The van der Waals surface area contributed by atoms with Crippen LogP contribution in [0.3, 0.4) is 0 Å². The molecule has 7 heteroatoms. The fourth-order valence-electron chi connectivity index (χ4n) is 2.16. The SMILES string of the molecule is Fc1ccccc1NCCCNc1nccn2ncc(Br)c12. The van der Waals surface area contributed by atoms with Gasteiger partial charge >= 0.3 is 0 Å². The Morgan fingerprint density at radius 1 is 1.18 bits per heavy atom. The molecule has 0 saturated carbocycles. The highest BCUT2D eigenvalue weighted by atomic mass is 79.9. The number of aromatic nitrogens is 3. The summed E-state index contributed by atoms with van der Waals surface area (Å²) < 4.78 is 16.1. The molecule has 0 bridgehead atoms. The van der Waals surface area contributed by atoms with Crippen molar-refractivity contribution in [2.45, 2.75) is 6.42 Å². The molecular formula is C15H15BrFN5. The number of para-hydroxylation sites is 1. The van der Waals surface area contributed by atoms with Crippen molar-refractivity contribution < 1.29 is 4.39 Å². The fraction of sp³-hybridized carbons (Fsp3) is 0.200. The predicted molar refractivity (Wildman–Crippen MR) is 88.7 cm³/mol. The van der Waals surface area contributed by atoms with Gasteiger partial charge in [0.25, 0.3) is 0 Å². The van der Waals surface area contributed by atoms with Crippen LogP contribution in [0.2, 0.25) is 0 Å². The standard InChI is InChI=1S/C15H15BrFN5/c16-11-10-21-22-9-8-20-15(14(11)22)19-7-3-6-18-13-5-2-1-4-12(13)17/h1-2,4-5,8-10,18H,3,6-7H2,(H,19,20). The average Bonchev–Trinajstić information content (AvgIpc) is 2.91. The van der Waals surface area contributed by atoms with Crippen LogP contribution >= 0.6 is 15.9 Å². The van der Waals surface area contributed by atoms with Gasteiger partial charge in [-0.1, -0.05) is 12.1 Å². The lowest BCUT2D eigenvalue weighted by Crippen LogP contribution is -2.11. The first kappa shape index (κ1) is 14.8. The van der Waals surface area contributed by atoms with Gasteiger partial charge in [-0.2, -0.15) is 5.10 Å². The number of rotatable bonds is 6. The third-order valence-electron chi connectivity index (χ3n) is 3.22. The molecule has 2 heterocycles. The van der Waals surface area contributed by atoms with E-state index in [0.29, 0.717) is 12.2 Å². The number of nitrogens with one attached hydrogen (secondary N) is 2. The van der Waals surface area contributed by atoms with E-state index in [0.717, 1.165) is 28.8 Å². The second-order valence-corrected chi connectivity index (χ2v) is 5.60. The second kappa shape index (κ2) is 6.74. The molecule has 114 valence electrons. The van der Waals surface area contributed by atoms with Crippen molar-refractivity contribution in [3.63, 3.8) is 0 Å². The number of nitrogens with zero attached hydrogens (tertiary/aromatic N) is 3. The molecule has 0 saturated heterocycles. The number of halogens is 2. The Hall–Kier alpha value is -2.15. The lowest BCUT2D eigenvalue weighted by atomic mass is 10.3. The van der Waals surface area contributed by atoms with Crippen molar-refractivity contribution in [1.82, 2.24) is 14.6 Å². The van der Waals surface area contributed by atoms with Gasteiger partial charge in [0, 0.05) is 25.5 Å². The van der Waals surface area contributed by atoms with Crippen molar-refractivity contribution in [3.8, 4) is 0 Å². The van der Waals surface area contributed by atoms with Crippen molar-refractivity contribution in [2.24, 2.45) is 0 Å². The van der Waals surface area contributed by atoms with Gasteiger partial charge in [0.05, 0.1) is 16.4 Å². The van der Waals surface area contributed by atoms with Crippen LogP contribution in [-0.2, 0) is 0 Å². The number of benzene rings is 1. The minimum atomic E-state index is -0.231. The van der Waals surface area contributed by atoms with Crippen LogP contribution in [0.1, 0.15) is 6.42 Å². The van der Waals surface area contributed by atoms with E-state index in [2.05, 4.69) is 36.6 Å². The van der Waals surface area contributed by atoms with Crippen molar-refractivity contribution >= 4 is 33.0 Å². The first-order chi connectivity index (χ1) is 10.8. The maximum Gasteiger partial charge on any atom is 0.153 e. The molecule has 0 aliphatic rings. The Morgan fingerprint density at radius 2 is 2.00 bits per heavy atom. The minimum absolute atomic E-state index is 0.231. The minimum Gasteiger partial charge on any atom is -0.383 e. The van der Waals surface area contributed by atoms with Gasteiger partial charge in [0.15, 0.2) is 5.82 Å². The molecule has 2 aromatic heterocycles. The first-order valence-electron chi connectivity index (χ1n) is 6.96. The molecule has 0 unspecified atom stereocenters. The Bertz CT molecular complexity index is 773. The molecule has 0 radical (unpaired) electrons. The van der Waals surface area contributed by atoms with Gasteiger partial charge in [0.1, 0.15) is 11.3 Å². The van der Waals surface area contributed by atoms with Gasteiger partial charge in [-0.15, -0.1) is 0 Å². The highest BCUT2D eigenvalue weighted by Gasteiger charge is 2.07. The van der Waals surface area contributed by atoms with E-state index in [9.17, 15) is 4.39 Å². The zero-order valence-corrected chi connectivity index (χ0v) is 13.3. The third-order valence-corrected chi connectivity index (χ3v) is 3.80. The number of hydrogen-bond donors (Lipinski definition) is 2. The maximum absolute atomic E-state index is 13.4. The van der Waals surface area contributed by atoms with Gasteiger partial charge in [-0.3, -0.25) is 0 Å². The van der Waals surface area contributed by atoms with E-state index >= 15 is 0 Å². The van der Waals surface area contributed by atoms with E-state index in [1.165, 1.54) is 6.07 Å². The molecule has 0 atom stereocenters. The Kier molecular flexibility index (Phi) is 4.53. The monoisotopic (exact) mass is 363 g/mol. The molecule has 0 spiro atoms. The van der Waals surface area contributed by atoms with Crippen LogP contribution in [-0.4, -0.2) is 27.7 Å². The third kappa shape index (κ3) is 3.19. The summed E-state index contributed by atoms with van der Waals surface area (Å²) in [5.41, 5.74) is 1.44. The summed E-state index contributed by atoms with van der Waals surface area (Å²) in [4.78, 5) is 4.33. The van der Waals surface area contributed by atoms with E-state index in [-0.39, 0.29) is 5.82 Å². The number of anilines is 2. The molecule has 0 fully saturated rings. The summed E-state index contributed by atoms with van der Waals surface area (Å²) in [5.74, 6) is 0.544. The topological polar surface area (TPSA) is 54.2 Å². The zero-order valence-electron chi connectivity index (χ0n) is 11.8. The molecule has 0 aliphatic carbocycles. The summed E-state index contributed by atoms with van der Waals surface area (Å²) in [6.07, 6.45) is 6.07. The van der Waals surface area contributed by atoms with Gasteiger partial charge < -0.3 is 10.6 Å². The quantitative estimate of drug-likeness (QED) is 0.657. The highest BCUT2D eigenvalue weighted by molar-refractivity contribution is 9.10. The van der Waals surface area contributed by atoms with Gasteiger partial charge in [-0.25, -0.2) is 13.9 Å². The summed E-state index contributed by atoms with van der Waals surface area (Å²) in [6.45, 7) is 1.41. The molecule has 0 aliphatic heterocycles. The maximum atomic E-state index is 13.4. The normalized spacial score (nSPS) is 10.8. The molecule has 2 N–H and O–H groups in total. The highest BCUT2D eigenvalue weighted by Crippen LogP contribution is 2.23. The molecular weight excluding hydrogens is 349 g/mol. The van der Waals surface area contributed by atoms with Crippen molar-refractivity contribution in [2.75, 3.05) is 23.7 Å². The largest absolute Gasteiger partial charge is 0.383 e. The Labute approximate surface area is 135 Å². The smallest absolute Gasteiger partial charge is 0.153 e. The molecule has 0 amide bonds. The van der Waals surface area contributed by atoms with Crippen molar-refractivity contribution in [3.05, 3.63) is 53.1 Å². The summed E-state index contributed by atoms with van der Waals surface area (Å²) in [6, 6.07) is 6.67.